The molecule has 0 fully saturated rings. The Kier molecular flexibility index (Phi) is 5.42. The first-order valence-electron chi connectivity index (χ1n) is 9.81. The van der Waals surface area contributed by atoms with E-state index < -0.39 is 5.60 Å². The van der Waals surface area contributed by atoms with Crippen LogP contribution in [0.4, 0.5) is 17.3 Å². The number of nitrogens with zero attached hydrogens (tertiary/aromatic N) is 6. The van der Waals surface area contributed by atoms with E-state index in [0.29, 0.717) is 22.3 Å². The maximum Gasteiger partial charge on any atom is 0.268 e. The molecule has 162 valence electrons. The minimum absolute atomic E-state index is 0.108. The molecule has 1 atom stereocenters. The number of hydrogen-bond donors (Lipinski definition) is 3. The molecule has 3 aromatic heterocycles. The lowest BCUT2D eigenvalue weighted by atomic mass is 9.94. The van der Waals surface area contributed by atoms with Crippen LogP contribution in [0.2, 0.25) is 5.15 Å². The summed E-state index contributed by atoms with van der Waals surface area (Å²) in [5.41, 5.74) is 8.55. The number of halogens is 1. The highest BCUT2D eigenvalue weighted by Gasteiger charge is 2.22. The molecule has 0 bridgehead atoms. The van der Waals surface area contributed by atoms with Crippen LogP contribution < -0.4 is 11.1 Å². The maximum atomic E-state index is 10.5. The number of anilines is 2. The second-order valence-electron chi connectivity index (χ2n) is 7.87. The zero-order chi connectivity index (χ0) is 23.0. The Bertz CT molecular complexity index is 1350. The predicted octanol–water partition coefficient (Wildman–Crippen LogP) is 4.37. The second kappa shape index (κ2) is 8.07. The van der Waals surface area contributed by atoms with Gasteiger partial charge in [-0.25, -0.2) is 24.3 Å². The van der Waals surface area contributed by atoms with Crippen LogP contribution >= 0.6 is 11.6 Å². The molecule has 0 radical (unpaired) electrons. The lowest BCUT2D eigenvalue weighted by Gasteiger charge is -2.21. The van der Waals surface area contributed by atoms with Gasteiger partial charge in [0.2, 0.25) is 0 Å². The highest BCUT2D eigenvalue weighted by molar-refractivity contribution is 6.29. The number of imidazole rings is 1. The number of hydrogen-bond acceptors (Lipinski definition) is 7. The quantitative estimate of drug-likeness (QED) is 0.388. The summed E-state index contributed by atoms with van der Waals surface area (Å²) in [6.45, 7) is 12.8. The number of benzene rings is 1. The summed E-state index contributed by atoms with van der Waals surface area (Å²) in [6, 6.07) is 9.09. The van der Waals surface area contributed by atoms with Gasteiger partial charge < -0.3 is 16.2 Å². The van der Waals surface area contributed by atoms with Crippen LogP contribution in [0.1, 0.15) is 37.9 Å². The summed E-state index contributed by atoms with van der Waals surface area (Å²) in [6.07, 6.45) is 2.84. The van der Waals surface area contributed by atoms with Crippen molar-refractivity contribution in [3.05, 3.63) is 70.6 Å². The van der Waals surface area contributed by atoms with Crippen molar-refractivity contribution in [3.63, 3.8) is 0 Å². The van der Waals surface area contributed by atoms with Gasteiger partial charge in [0.15, 0.2) is 10.8 Å². The number of aromatic nitrogens is 5. The third-order valence-corrected chi connectivity index (χ3v) is 5.36. The van der Waals surface area contributed by atoms with Crippen molar-refractivity contribution in [2.24, 2.45) is 0 Å². The standard InChI is InChI=1S/C22H21ClN8O/c1-12(29-21-19(25-4)20(24)27-11-28-21)15-9-17-26-10-16(23)31(17)30-18(15)13-6-5-7-14(8-13)22(2,3)32/h5-12,32H,1-3H3,(H3,24,27,28,29)/t12-/m0/s1. The fraction of sp³-hybridized carbons (Fsp3) is 0.227. The van der Waals surface area contributed by atoms with Crippen LogP contribution in [0.3, 0.4) is 0 Å². The van der Waals surface area contributed by atoms with Crippen molar-refractivity contribution in [2.75, 3.05) is 11.1 Å². The summed E-state index contributed by atoms with van der Waals surface area (Å²) in [5, 5.41) is 18.8. The first-order chi connectivity index (χ1) is 15.2. The van der Waals surface area contributed by atoms with Gasteiger partial charge in [-0.1, -0.05) is 29.8 Å². The summed E-state index contributed by atoms with van der Waals surface area (Å²) < 4.78 is 1.55. The molecule has 0 aliphatic heterocycles. The number of nitrogens with two attached hydrogens (primary N) is 1. The molecule has 4 N–H and O–H groups in total. The number of nitrogen functional groups attached to an aromatic ring is 1. The van der Waals surface area contributed by atoms with Crippen LogP contribution in [0.15, 0.2) is 42.9 Å². The number of fused-ring (bicyclic) bond motifs is 1. The summed E-state index contributed by atoms with van der Waals surface area (Å²) in [5.74, 6) is 0.439. The normalized spacial score (nSPS) is 12.5. The number of nitrogens with one attached hydrogen (secondary N) is 1. The van der Waals surface area contributed by atoms with E-state index >= 15 is 0 Å². The van der Waals surface area contributed by atoms with Gasteiger partial charge in [-0.3, -0.25) is 0 Å². The van der Waals surface area contributed by atoms with E-state index in [1.165, 1.54) is 12.5 Å². The molecule has 0 unspecified atom stereocenters. The lowest BCUT2D eigenvalue weighted by Crippen LogP contribution is -2.16. The molecule has 4 rings (SSSR count). The average molecular weight is 449 g/mol. The molecule has 0 aliphatic rings. The molecule has 0 aliphatic carbocycles. The van der Waals surface area contributed by atoms with Gasteiger partial charge in [0, 0.05) is 11.1 Å². The molecule has 3 heterocycles. The van der Waals surface area contributed by atoms with Crippen molar-refractivity contribution in [1.29, 1.82) is 0 Å². The van der Waals surface area contributed by atoms with Crippen molar-refractivity contribution < 1.29 is 5.11 Å². The molecule has 32 heavy (non-hydrogen) atoms. The molecule has 0 saturated carbocycles. The third kappa shape index (κ3) is 3.93. The van der Waals surface area contributed by atoms with Crippen molar-refractivity contribution >= 4 is 34.6 Å². The first kappa shape index (κ1) is 21.5. The molecule has 10 heteroatoms. The predicted molar refractivity (Wildman–Crippen MR) is 123 cm³/mol. The van der Waals surface area contributed by atoms with Crippen LogP contribution in [-0.4, -0.2) is 29.7 Å². The van der Waals surface area contributed by atoms with E-state index in [4.69, 9.17) is 29.0 Å². The molecule has 0 spiro atoms. The Labute approximate surface area is 189 Å². The largest absolute Gasteiger partial charge is 0.392 e. The average Bonchev–Trinajstić information content (AvgIpc) is 3.12. The summed E-state index contributed by atoms with van der Waals surface area (Å²) >= 11 is 6.27. The van der Waals surface area contributed by atoms with Crippen molar-refractivity contribution in [1.82, 2.24) is 24.6 Å². The third-order valence-electron chi connectivity index (χ3n) is 5.11. The zero-order valence-electron chi connectivity index (χ0n) is 17.7. The molecular formula is C22H21ClN8O. The van der Waals surface area contributed by atoms with Gasteiger partial charge in [0.05, 0.1) is 30.1 Å². The molecule has 9 nitrogen and oxygen atoms in total. The van der Waals surface area contributed by atoms with Crippen LogP contribution in [0, 0.1) is 6.57 Å². The van der Waals surface area contributed by atoms with E-state index in [1.54, 1.807) is 18.4 Å². The van der Waals surface area contributed by atoms with E-state index in [0.717, 1.165) is 16.7 Å². The fourth-order valence-corrected chi connectivity index (χ4v) is 3.57. The van der Waals surface area contributed by atoms with E-state index in [9.17, 15) is 5.11 Å². The summed E-state index contributed by atoms with van der Waals surface area (Å²) in [7, 11) is 0. The Morgan fingerprint density at radius 3 is 2.75 bits per heavy atom. The maximum absolute atomic E-state index is 10.5. The van der Waals surface area contributed by atoms with Gasteiger partial charge in [-0.2, -0.15) is 5.10 Å². The highest BCUT2D eigenvalue weighted by atomic mass is 35.5. The highest BCUT2D eigenvalue weighted by Crippen LogP contribution is 2.35. The molecule has 0 amide bonds. The van der Waals surface area contributed by atoms with Crippen molar-refractivity contribution in [3.8, 4) is 11.3 Å². The van der Waals surface area contributed by atoms with Crippen LogP contribution in [-0.2, 0) is 5.60 Å². The topological polar surface area (TPSA) is 119 Å². The number of aliphatic hydroxyl groups is 1. The second-order valence-corrected chi connectivity index (χ2v) is 8.26. The van der Waals surface area contributed by atoms with Crippen molar-refractivity contribution in [2.45, 2.75) is 32.4 Å². The molecule has 4 aromatic rings. The Morgan fingerprint density at radius 2 is 2.03 bits per heavy atom. The molecule has 1 aromatic carbocycles. The van der Waals surface area contributed by atoms with E-state index in [-0.39, 0.29) is 17.5 Å². The Hall–Kier alpha value is -3.74. The smallest absolute Gasteiger partial charge is 0.268 e. The van der Waals surface area contributed by atoms with E-state index in [2.05, 4.69) is 25.1 Å². The summed E-state index contributed by atoms with van der Waals surface area (Å²) in [4.78, 5) is 15.8. The fourth-order valence-electron chi connectivity index (χ4n) is 3.39. The number of rotatable bonds is 5. The SMILES string of the molecule is [C-]#[N+]c1c(N)ncnc1N[C@@H](C)c1cc2ncc(Cl)n2nc1-c1cccc(C(C)(C)O)c1. The monoisotopic (exact) mass is 448 g/mol. The lowest BCUT2D eigenvalue weighted by molar-refractivity contribution is 0.0786. The minimum atomic E-state index is -1.01. The zero-order valence-corrected chi connectivity index (χ0v) is 18.5. The van der Waals surface area contributed by atoms with Gasteiger partial charge in [0.1, 0.15) is 18.0 Å². The molecular weight excluding hydrogens is 428 g/mol. The van der Waals surface area contributed by atoms with Gasteiger partial charge in [0.25, 0.3) is 5.69 Å². The van der Waals surface area contributed by atoms with Gasteiger partial charge in [-0.15, -0.1) is 0 Å². The van der Waals surface area contributed by atoms with Gasteiger partial charge >= 0.3 is 0 Å². The van der Waals surface area contributed by atoms with E-state index in [1.807, 2.05) is 37.3 Å². The van der Waals surface area contributed by atoms with Crippen LogP contribution in [0.5, 0.6) is 0 Å². The minimum Gasteiger partial charge on any atom is -0.392 e. The van der Waals surface area contributed by atoms with Gasteiger partial charge in [-0.05, 0) is 38.5 Å². The Balaban J connectivity index is 1.86. The Morgan fingerprint density at radius 1 is 1.25 bits per heavy atom. The van der Waals surface area contributed by atoms with Crippen LogP contribution in [0.25, 0.3) is 21.7 Å². The molecule has 0 saturated heterocycles. The first-order valence-corrected chi connectivity index (χ1v) is 10.2.